The zero-order valence-corrected chi connectivity index (χ0v) is 13.3. The van der Waals surface area contributed by atoms with Crippen LogP contribution in [0.2, 0.25) is 0 Å². The molecule has 0 spiro atoms. The van der Waals surface area contributed by atoms with Crippen LogP contribution >= 0.6 is 0 Å². The second-order valence-electron chi connectivity index (χ2n) is 5.50. The lowest BCUT2D eigenvalue weighted by atomic mass is 10.1. The van der Waals surface area contributed by atoms with E-state index in [1.807, 2.05) is 6.07 Å². The molecule has 21 heavy (non-hydrogen) atoms. The van der Waals surface area contributed by atoms with Crippen molar-refractivity contribution in [2.75, 3.05) is 30.9 Å². The molecule has 0 aromatic heterocycles. The largest absolute Gasteiger partial charge is 0.396 e. The van der Waals surface area contributed by atoms with Crippen LogP contribution in [0.15, 0.2) is 23.1 Å². The normalized spacial score (nSPS) is 16.7. The van der Waals surface area contributed by atoms with Crippen molar-refractivity contribution in [1.82, 2.24) is 0 Å². The minimum atomic E-state index is -3.82. The maximum atomic E-state index is 11.6. The second kappa shape index (κ2) is 6.21. The Morgan fingerprint density at radius 1 is 1.43 bits per heavy atom. The van der Waals surface area contributed by atoms with Gasteiger partial charge in [0.25, 0.3) is 0 Å². The van der Waals surface area contributed by atoms with Gasteiger partial charge < -0.3 is 15.4 Å². The van der Waals surface area contributed by atoms with Crippen molar-refractivity contribution < 1.29 is 13.2 Å². The van der Waals surface area contributed by atoms with Crippen LogP contribution in [0.5, 0.6) is 0 Å². The number of benzene rings is 1. The Balaban J connectivity index is 2.39. The number of hydrogen-bond donors (Lipinski definition) is 2. The average molecular weight is 313 g/mol. The molecule has 6 nitrogen and oxygen atoms in total. The van der Waals surface area contributed by atoms with E-state index in [0.29, 0.717) is 24.8 Å². The van der Waals surface area contributed by atoms with E-state index in [0.717, 1.165) is 0 Å². The van der Waals surface area contributed by atoms with Crippen LogP contribution in [-0.2, 0) is 14.8 Å². The predicted molar refractivity (Wildman–Crippen MR) is 83.6 cm³/mol. The highest BCUT2D eigenvalue weighted by Gasteiger charge is 2.33. The molecule has 1 unspecified atom stereocenters. The number of hydrogen-bond acceptors (Lipinski definition) is 5. The highest BCUT2D eigenvalue weighted by molar-refractivity contribution is 7.89. The Morgan fingerprint density at radius 3 is 2.62 bits per heavy atom. The number of primary sulfonamides is 1. The second-order valence-corrected chi connectivity index (χ2v) is 7.03. The lowest BCUT2D eigenvalue weighted by Gasteiger charge is -2.32. The minimum Gasteiger partial charge on any atom is -0.396 e. The molecule has 1 saturated carbocycles. The lowest BCUT2D eigenvalue weighted by molar-refractivity contribution is 0.203. The van der Waals surface area contributed by atoms with Gasteiger partial charge in [-0.15, -0.1) is 0 Å². The summed E-state index contributed by atoms with van der Waals surface area (Å²) >= 11 is 0. The fourth-order valence-electron chi connectivity index (χ4n) is 2.60. The minimum absolute atomic E-state index is 0.0228. The fourth-order valence-corrected chi connectivity index (χ4v) is 3.28. The van der Waals surface area contributed by atoms with Gasteiger partial charge in [0.05, 0.1) is 18.0 Å². The molecule has 1 aliphatic rings. The summed E-state index contributed by atoms with van der Waals surface area (Å²) in [6.45, 7) is 3.35. The van der Waals surface area contributed by atoms with Crippen molar-refractivity contribution in [1.29, 1.82) is 0 Å². The van der Waals surface area contributed by atoms with Crippen LogP contribution in [0.3, 0.4) is 0 Å². The summed E-state index contributed by atoms with van der Waals surface area (Å²) < 4.78 is 28.4. The van der Waals surface area contributed by atoms with Crippen molar-refractivity contribution in [3.63, 3.8) is 0 Å². The summed E-state index contributed by atoms with van der Waals surface area (Å²) in [6.07, 6.45) is 2.39. The molecule has 0 aliphatic heterocycles. The number of sulfonamides is 1. The fraction of sp³-hybridized carbons (Fsp3) is 0.571. The van der Waals surface area contributed by atoms with Crippen LogP contribution in [-0.4, -0.2) is 34.7 Å². The first-order valence-corrected chi connectivity index (χ1v) is 8.57. The van der Waals surface area contributed by atoms with E-state index >= 15 is 0 Å². The molecule has 1 aliphatic carbocycles. The van der Waals surface area contributed by atoms with Gasteiger partial charge in [-0.05, 0) is 37.8 Å². The van der Waals surface area contributed by atoms with Gasteiger partial charge in [0.1, 0.15) is 4.90 Å². The molecule has 118 valence electrons. The van der Waals surface area contributed by atoms with Crippen molar-refractivity contribution in [3.05, 3.63) is 18.2 Å². The highest BCUT2D eigenvalue weighted by Crippen LogP contribution is 2.39. The number of anilines is 2. The molecular weight excluding hydrogens is 290 g/mol. The number of nitrogen functional groups attached to an aromatic ring is 1. The zero-order valence-electron chi connectivity index (χ0n) is 12.5. The predicted octanol–water partition coefficient (Wildman–Crippen LogP) is 1.17. The third kappa shape index (κ3) is 3.66. The zero-order chi connectivity index (χ0) is 15.6. The van der Waals surface area contributed by atoms with E-state index in [-0.39, 0.29) is 16.6 Å². The van der Waals surface area contributed by atoms with E-state index in [4.69, 9.17) is 15.6 Å². The van der Waals surface area contributed by atoms with Gasteiger partial charge in [0.15, 0.2) is 0 Å². The molecular formula is C14H23N3O3S. The Morgan fingerprint density at radius 2 is 2.10 bits per heavy atom. The maximum absolute atomic E-state index is 11.6. The summed E-state index contributed by atoms with van der Waals surface area (Å²) in [4.78, 5) is 2.09. The molecule has 7 heteroatoms. The first kappa shape index (κ1) is 16.1. The van der Waals surface area contributed by atoms with Gasteiger partial charge >= 0.3 is 0 Å². The smallest absolute Gasteiger partial charge is 0.240 e. The molecule has 1 aromatic carbocycles. The molecule has 0 saturated heterocycles. The van der Waals surface area contributed by atoms with Crippen molar-refractivity contribution in [3.8, 4) is 0 Å². The number of nitrogens with two attached hydrogens (primary N) is 2. The monoisotopic (exact) mass is 313 g/mol. The first-order chi connectivity index (χ1) is 9.86. The summed E-state index contributed by atoms with van der Waals surface area (Å²) in [5.74, 6) is 0.624. The number of para-hydroxylation sites is 1. The summed E-state index contributed by atoms with van der Waals surface area (Å²) in [5, 5.41) is 5.22. The molecule has 0 heterocycles. The molecule has 2 rings (SSSR count). The van der Waals surface area contributed by atoms with E-state index in [9.17, 15) is 8.42 Å². The third-order valence-electron chi connectivity index (χ3n) is 3.99. The van der Waals surface area contributed by atoms with Crippen molar-refractivity contribution in [2.24, 2.45) is 11.1 Å². The topological polar surface area (TPSA) is 98.6 Å². The van der Waals surface area contributed by atoms with E-state index in [1.54, 1.807) is 13.2 Å². The molecule has 4 N–H and O–H groups in total. The number of rotatable bonds is 7. The van der Waals surface area contributed by atoms with Gasteiger partial charge in [0, 0.05) is 19.7 Å². The Bertz CT molecular complexity index is 599. The SMILES string of the molecule is COCCN(c1cccc(S(N)(=O)=O)c1N)C(C)C1CC1. The van der Waals surface area contributed by atoms with E-state index in [1.165, 1.54) is 18.9 Å². The quantitative estimate of drug-likeness (QED) is 0.736. The van der Waals surface area contributed by atoms with Crippen molar-refractivity contribution in [2.45, 2.75) is 30.7 Å². The Labute approximate surface area is 126 Å². The van der Waals surface area contributed by atoms with Gasteiger partial charge in [-0.25, -0.2) is 13.6 Å². The number of ether oxygens (including phenoxy) is 1. The molecule has 0 bridgehead atoms. The number of nitrogens with zero attached hydrogens (tertiary/aromatic N) is 1. The molecule has 0 amide bonds. The van der Waals surface area contributed by atoms with Gasteiger partial charge in [-0.1, -0.05) is 6.07 Å². The van der Waals surface area contributed by atoms with E-state index in [2.05, 4.69) is 11.8 Å². The first-order valence-electron chi connectivity index (χ1n) is 7.03. The molecule has 1 aromatic rings. The summed E-state index contributed by atoms with van der Waals surface area (Å²) in [5.41, 5.74) is 6.98. The molecule has 1 atom stereocenters. The molecule has 1 fully saturated rings. The third-order valence-corrected chi connectivity index (χ3v) is 4.96. The lowest BCUT2D eigenvalue weighted by Crippen LogP contribution is -2.38. The highest BCUT2D eigenvalue weighted by atomic mass is 32.2. The number of methoxy groups -OCH3 is 1. The van der Waals surface area contributed by atoms with Crippen molar-refractivity contribution >= 4 is 21.4 Å². The van der Waals surface area contributed by atoms with Crippen LogP contribution in [0.4, 0.5) is 11.4 Å². The average Bonchev–Trinajstić information content (AvgIpc) is 3.23. The maximum Gasteiger partial charge on any atom is 0.240 e. The van der Waals surface area contributed by atoms with Gasteiger partial charge in [0.2, 0.25) is 10.0 Å². The summed E-state index contributed by atoms with van der Waals surface area (Å²) in [6, 6.07) is 5.23. The van der Waals surface area contributed by atoms with Gasteiger partial charge in [-0.2, -0.15) is 0 Å². The van der Waals surface area contributed by atoms with E-state index < -0.39 is 10.0 Å². The Kier molecular flexibility index (Phi) is 4.75. The van der Waals surface area contributed by atoms with Gasteiger partial charge in [-0.3, -0.25) is 0 Å². The van der Waals surface area contributed by atoms with Crippen LogP contribution < -0.4 is 15.8 Å². The van der Waals surface area contributed by atoms with Crippen LogP contribution in [0.1, 0.15) is 19.8 Å². The molecule has 0 radical (unpaired) electrons. The van der Waals surface area contributed by atoms with Crippen LogP contribution in [0.25, 0.3) is 0 Å². The summed E-state index contributed by atoms with van der Waals surface area (Å²) in [7, 11) is -2.18. The Hall–Kier alpha value is -1.31. The standard InChI is InChI=1S/C14H23N3O3S/c1-10(11-6-7-11)17(8-9-20-2)12-4-3-5-13(14(12)15)21(16,18)19/h3-5,10-11H,6-9,15H2,1-2H3,(H2,16,18,19). The van der Waals surface area contributed by atoms with Crippen LogP contribution in [0, 0.1) is 5.92 Å².